The Morgan fingerprint density at radius 2 is 1.02 bits per heavy atom. The summed E-state index contributed by atoms with van der Waals surface area (Å²) in [5.74, 6) is -1.28. The molecule has 1 amide bonds. The van der Waals surface area contributed by atoms with E-state index in [1.54, 1.807) is 0 Å². The molecule has 0 aromatic rings. The summed E-state index contributed by atoms with van der Waals surface area (Å²) in [4.78, 5) is 34.7. The minimum Gasteiger partial charge on any atom is -0.480 e. The summed E-state index contributed by atoms with van der Waals surface area (Å²) in [7, 11) is 0. The first-order valence-electron chi connectivity index (χ1n) is 18.6. The maximum atomic E-state index is 12.6. The molecule has 0 saturated heterocycles. The smallest absolute Gasteiger partial charge is 0.322 e. The molecule has 0 rings (SSSR count). The molecule has 1 atom stereocenters. The molecule has 6 heteroatoms. The number of amides is 1. The third kappa shape index (κ3) is 34.3. The van der Waals surface area contributed by atoms with Crippen molar-refractivity contribution in [2.75, 3.05) is 6.54 Å². The van der Waals surface area contributed by atoms with E-state index in [9.17, 15) is 14.4 Å². The van der Waals surface area contributed by atoms with Gasteiger partial charge in [0, 0.05) is 12.8 Å². The number of aliphatic carboxylic acids is 1. The van der Waals surface area contributed by atoms with Crippen LogP contribution in [0.2, 0.25) is 0 Å². The number of allylic oxidation sites excluding steroid dienone is 6. The van der Waals surface area contributed by atoms with Crippen LogP contribution in [-0.2, 0) is 19.1 Å². The molecule has 2 N–H and O–H groups in total. The number of esters is 1. The van der Waals surface area contributed by atoms with Crippen LogP contribution in [0.1, 0.15) is 181 Å². The Labute approximate surface area is 276 Å². The van der Waals surface area contributed by atoms with Crippen LogP contribution < -0.4 is 5.32 Å². The van der Waals surface area contributed by atoms with Crippen LogP contribution in [0.3, 0.4) is 0 Å². The number of carbonyl (C=O) groups is 3. The van der Waals surface area contributed by atoms with Crippen molar-refractivity contribution >= 4 is 17.8 Å². The third-order valence-corrected chi connectivity index (χ3v) is 8.06. The molecule has 0 aliphatic rings. The number of carboxylic acid groups (broad SMARTS) is 1. The molecular formula is C39H69NO5. The summed E-state index contributed by atoms with van der Waals surface area (Å²) in [5, 5.41) is 11.0. The molecule has 0 radical (unpaired) electrons. The standard InChI is InChI=1S/C39H69NO5/c1-3-5-7-9-10-11-12-13-14-15-16-17-18-19-20-21-22-24-30-34-39(44)45-36(31-27-23-8-6-4-2)32-28-25-26-29-33-37(41)40-35-38(42)43/h10-11,13-14,16-17,36H,3-9,12,15,18-35H2,1-2H3,(H,40,41)(H,42,43)/b11-10-,14-13-,17-16-. The van der Waals surface area contributed by atoms with Gasteiger partial charge >= 0.3 is 11.9 Å². The second-order valence-corrected chi connectivity index (χ2v) is 12.5. The number of unbranched alkanes of at least 4 members (excludes halogenated alkanes) is 16. The van der Waals surface area contributed by atoms with Crippen molar-refractivity contribution in [3.05, 3.63) is 36.5 Å². The molecule has 45 heavy (non-hydrogen) atoms. The average molecular weight is 632 g/mol. The van der Waals surface area contributed by atoms with Gasteiger partial charge in [0.2, 0.25) is 5.91 Å². The highest BCUT2D eigenvalue weighted by Gasteiger charge is 2.14. The number of ether oxygens (including phenoxy) is 1. The zero-order valence-electron chi connectivity index (χ0n) is 29.2. The Morgan fingerprint density at radius 3 is 1.60 bits per heavy atom. The lowest BCUT2D eigenvalue weighted by Crippen LogP contribution is -2.28. The monoisotopic (exact) mass is 632 g/mol. The first-order valence-corrected chi connectivity index (χ1v) is 18.6. The molecule has 0 aromatic carbocycles. The van der Waals surface area contributed by atoms with E-state index in [1.165, 1.54) is 77.0 Å². The van der Waals surface area contributed by atoms with Gasteiger partial charge in [0.05, 0.1) is 0 Å². The molecule has 260 valence electrons. The number of carboxylic acids is 1. The fraction of sp³-hybridized carbons (Fsp3) is 0.769. The quantitative estimate of drug-likeness (QED) is 0.0427. The van der Waals surface area contributed by atoms with E-state index in [0.717, 1.165) is 77.0 Å². The molecule has 1 unspecified atom stereocenters. The molecule has 0 spiro atoms. The number of hydrogen-bond donors (Lipinski definition) is 2. The molecule has 0 aromatic heterocycles. The highest BCUT2D eigenvalue weighted by molar-refractivity contribution is 5.80. The Balaban J connectivity index is 3.95. The van der Waals surface area contributed by atoms with E-state index in [4.69, 9.17) is 9.84 Å². The summed E-state index contributed by atoms with van der Waals surface area (Å²) in [6.07, 6.45) is 41.3. The zero-order chi connectivity index (χ0) is 33.1. The van der Waals surface area contributed by atoms with Crippen LogP contribution >= 0.6 is 0 Å². The van der Waals surface area contributed by atoms with Gasteiger partial charge in [-0.2, -0.15) is 0 Å². The van der Waals surface area contributed by atoms with E-state index < -0.39 is 5.97 Å². The van der Waals surface area contributed by atoms with Crippen molar-refractivity contribution in [3.8, 4) is 0 Å². The summed E-state index contributed by atoms with van der Waals surface area (Å²) < 4.78 is 5.92. The van der Waals surface area contributed by atoms with E-state index in [1.807, 2.05) is 0 Å². The second kappa shape index (κ2) is 34.5. The second-order valence-electron chi connectivity index (χ2n) is 12.5. The molecule has 0 aliphatic carbocycles. The third-order valence-electron chi connectivity index (χ3n) is 8.06. The van der Waals surface area contributed by atoms with Gasteiger partial charge in [-0.15, -0.1) is 0 Å². The van der Waals surface area contributed by atoms with Crippen LogP contribution in [0, 0.1) is 0 Å². The van der Waals surface area contributed by atoms with E-state index in [-0.39, 0.29) is 24.5 Å². The van der Waals surface area contributed by atoms with Gasteiger partial charge in [0.25, 0.3) is 0 Å². The van der Waals surface area contributed by atoms with Gasteiger partial charge in [-0.25, -0.2) is 0 Å². The van der Waals surface area contributed by atoms with E-state index >= 15 is 0 Å². The lowest BCUT2D eigenvalue weighted by Gasteiger charge is -2.18. The lowest BCUT2D eigenvalue weighted by molar-refractivity contribution is -0.150. The van der Waals surface area contributed by atoms with Gasteiger partial charge in [-0.3, -0.25) is 14.4 Å². The number of carbonyl (C=O) groups excluding carboxylic acids is 2. The van der Waals surface area contributed by atoms with Crippen molar-refractivity contribution in [3.63, 3.8) is 0 Å². The first-order chi connectivity index (χ1) is 22.0. The summed E-state index contributed by atoms with van der Waals surface area (Å²) >= 11 is 0. The fourth-order valence-electron chi connectivity index (χ4n) is 5.28. The van der Waals surface area contributed by atoms with Crippen LogP contribution in [0.4, 0.5) is 0 Å². The maximum absolute atomic E-state index is 12.6. The van der Waals surface area contributed by atoms with Crippen LogP contribution in [-0.4, -0.2) is 35.6 Å². The van der Waals surface area contributed by atoms with E-state index in [2.05, 4.69) is 55.6 Å². The van der Waals surface area contributed by atoms with Gasteiger partial charge in [-0.05, 0) is 77.0 Å². The van der Waals surface area contributed by atoms with Crippen molar-refractivity contribution < 1.29 is 24.2 Å². The number of rotatable bonds is 33. The highest BCUT2D eigenvalue weighted by atomic mass is 16.5. The number of hydrogen-bond acceptors (Lipinski definition) is 4. The largest absolute Gasteiger partial charge is 0.480 e. The van der Waals surface area contributed by atoms with Crippen molar-refractivity contribution in [1.29, 1.82) is 0 Å². The minimum atomic E-state index is -1.02. The van der Waals surface area contributed by atoms with Crippen LogP contribution in [0.15, 0.2) is 36.5 Å². The van der Waals surface area contributed by atoms with Crippen molar-refractivity contribution in [2.24, 2.45) is 0 Å². The fourth-order valence-corrected chi connectivity index (χ4v) is 5.28. The average Bonchev–Trinajstić information content (AvgIpc) is 3.02. The lowest BCUT2D eigenvalue weighted by atomic mass is 10.0. The van der Waals surface area contributed by atoms with Crippen molar-refractivity contribution in [2.45, 2.75) is 187 Å². The molecule has 0 heterocycles. The predicted octanol–water partition coefficient (Wildman–Crippen LogP) is 10.9. The zero-order valence-corrected chi connectivity index (χ0v) is 29.2. The summed E-state index contributed by atoms with van der Waals surface area (Å²) in [6, 6.07) is 0. The molecule has 0 fully saturated rings. The minimum absolute atomic E-state index is 0.00121. The Bertz CT molecular complexity index is 788. The van der Waals surface area contributed by atoms with Crippen LogP contribution in [0.5, 0.6) is 0 Å². The van der Waals surface area contributed by atoms with Gasteiger partial charge in [0.1, 0.15) is 12.6 Å². The Morgan fingerprint density at radius 1 is 0.578 bits per heavy atom. The summed E-state index contributed by atoms with van der Waals surface area (Å²) in [5.41, 5.74) is 0. The van der Waals surface area contributed by atoms with Gasteiger partial charge in [0.15, 0.2) is 0 Å². The van der Waals surface area contributed by atoms with E-state index in [0.29, 0.717) is 12.8 Å². The highest BCUT2D eigenvalue weighted by Crippen LogP contribution is 2.18. The Kier molecular flexibility index (Phi) is 32.7. The molecule has 0 aliphatic heterocycles. The molecular weight excluding hydrogens is 562 g/mol. The topological polar surface area (TPSA) is 92.7 Å². The predicted molar refractivity (Wildman–Crippen MR) is 189 cm³/mol. The van der Waals surface area contributed by atoms with Gasteiger partial charge in [-0.1, -0.05) is 127 Å². The summed E-state index contributed by atoms with van der Waals surface area (Å²) in [6.45, 7) is 4.14. The first kappa shape index (κ1) is 42.6. The van der Waals surface area contributed by atoms with Crippen LogP contribution in [0.25, 0.3) is 0 Å². The molecule has 6 nitrogen and oxygen atoms in total. The SMILES string of the molecule is CCCCC/C=C\C/C=C\C/C=C\CCCCCCCCC(=O)OC(CCCCCCC)CCCCCCC(=O)NCC(=O)O. The molecule has 0 saturated carbocycles. The molecule has 0 bridgehead atoms. The Hall–Kier alpha value is -2.37. The number of nitrogens with one attached hydrogen (secondary N) is 1. The maximum Gasteiger partial charge on any atom is 0.322 e. The van der Waals surface area contributed by atoms with Crippen molar-refractivity contribution in [1.82, 2.24) is 5.32 Å². The van der Waals surface area contributed by atoms with Gasteiger partial charge < -0.3 is 15.2 Å². The normalized spacial score (nSPS) is 12.4.